The SMILES string of the molecule is C#CCOc1ccc(/C=C2/SC(=O)N(CC(=O)OC(C)C)C2=O)cc1OC. The van der Waals surface area contributed by atoms with Gasteiger partial charge in [0.25, 0.3) is 11.1 Å². The molecule has 0 bridgehead atoms. The lowest BCUT2D eigenvalue weighted by atomic mass is 10.2. The molecule has 0 aliphatic carbocycles. The highest BCUT2D eigenvalue weighted by atomic mass is 32.2. The van der Waals surface area contributed by atoms with E-state index in [4.69, 9.17) is 20.6 Å². The van der Waals surface area contributed by atoms with Gasteiger partial charge in [0.1, 0.15) is 13.2 Å². The Kier molecular flexibility index (Phi) is 6.91. The maximum Gasteiger partial charge on any atom is 0.326 e. The van der Waals surface area contributed by atoms with E-state index in [2.05, 4.69) is 5.92 Å². The molecule has 2 rings (SSSR count). The monoisotopic (exact) mass is 389 g/mol. The van der Waals surface area contributed by atoms with Gasteiger partial charge in [0, 0.05) is 0 Å². The van der Waals surface area contributed by atoms with E-state index in [1.165, 1.54) is 7.11 Å². The van der Waals surface area contributed by atoms with Crippen LogP contribution in [0.4, 0.5) is 4.79 Å². The Morgan fingerprint density at radius 3 is 2.70 bits per heavy atom. The Bertz CT molecular complexity index is 824. The van der Waals surface area contributed by atoms with Crippen molar-refractivity contribution in [2.24, 2.45) is 0 Å². The molecule has 0 unspecified atom stereocenters. The number of methoxy groups -OCH3 is 1. The number of nitrogens with zero attached hydrogens (tertiary/aromatic N) is 1. The van der Waals surface area contributed by atoms with Crippen LogP contribution in [0.5, 0.6) is 11.5 Å². The first-order valence-electron chi connectivity index (χ1n) is 8.04. The molecule has 2 amide bonds. The maximum absolute atomic E-state index is 12.4. The topological polar surface area (TPSA) is 82.1 Å². The molecule has 1 aliphatic rings. The molecular weight excluding hydrogens is 370 g/mol. The van der Waals surface area contributed by atoms with Gasteiger partial charge in [-0.1, -0.05) is 12.0 Å². The second-order valence-electron chi connectivity index (χ2n) is 5.71. The minimum Gasteiger partial charge on any atom is -0.493 e. The van der Waals surface area contributed by atoms with Crippen LogP contribution in [0.2, 0.25) is 0 Å². The summed E-state index contributed by atoms with van der Waals surface area (Å²) in [4.78, 5) is 37.3. The zero-order chi connectivity index (χ0) is 20.0. The first-order chi connectivity index (χ1) is 12.8. The van der Waals surface area contributed by atoms with E-state index in [0.29, 0.717) is 17.1 Å². The molecule has 142 valence electrons. The number of esters is 1. The number of benzene rings is 1. The molecule has 0 saturated carbocycles. The van der Waals surface area contributed by atoms with Gasteiger partial charge in [-0.25, -0.2) is 0 Å². The standard InChI is InChI=1S/C19H19NO6S/c1-5-8-25-14-7-6-13(9-15(14)24-4)10-16-18(22)20(19(23)27-16)11-17(21)26-12(2)3/h1,6-7,9-10,12H,8,11H2,2-4H3/b16-10+. The van der Waals surface area contributed by atoms with Crippen LogP contribution in [0.3, 0.4) is 0 Å². The molecule has 1 heterocycles. The third-order valence-electron chi connectivity index (χ3n) is 3.32. The van der Waals surface area contributed by atoms with Crippen molar-refractivity contribution in [2.45, 2.75) is 20.0 Å². The van der Waals surface area contributed by atoms with Crippen molar-refractivity contribution in [2.75, 3.05) is 20.3 Å². The molecule has 1 aromatic carbocycles. The van der Waals surface area contributed by atoms with Crippen LogP contribution in [0, 0.1) is 12.3 Å². The zero-order valence-corrected chi connectivity index (χ0v) is 16.0. The number of hydrogen-bond donors (Lipinski definition) is 0. The summed E-state index contributed by atoms with van der Waals surface area (Å²) in [5.41, 5.74) is 0.634. The highest BCUT2D eigenvalue weighted by Crippen LogP contribution is 2.34. The van der Waals surface area contributed by atoms with E-state index in [1.807, 2.05) is 0 Å². The van der Waals surface area contributed by atoms with Gasteiger partial charge in [0.05, 0.1) is 18.1 Å². The minimum atomic E-state index is -0.634. The fourth-order valence-electron chi connectivity index (χ4n) is 2.23. The molecule has 27 heavy (non-hydrogen) atoms. The molecule has 0 aromatic heterocycles. The van der Waals surface area contributed by atoms with Crippen LogP contribution in [-0.4, -0.2) is 48.4 Å². The molecule has 1 aromatic rings. The Balaban J connectivity index is 2.17. The summed E-state index contributed by atoms with van der Waals surface area (Å²) in [5.74, 6) is 2.10. The number of thioether (sulfide) groups is 1. The molecule has 0 spiro atoms. The number of terminal acetylenes is 1. The Hall–Kier alpha value is -2.92. The van der Waals surface area contributed by atoms with Crippen molar-refractivity contribution >= 4 is 35.0 Å². The van der Waals surface area contributed by atoms with Gasteiger partial charge in [-0.15, -0.1) is 6.42 Å². The van der Waals surface area contributed by atoms with Gasteiger partial charge >= 0.3 is 5.97 Å². The average Bonchev–Trinajstić information content (AvgIpc) is 2.87. The van der Waals surface area contributed by atoms with Crippen LogP contribution in [-0.2, 0) is 14.3 Å². The minimum absolute atomic E-state index is 0.0983. The number of imide groups is 1. The Labute approximate surface area is 161 Å². The molecule has 0 radical (unpaired) electrons. The van der Waals surface area contributed by atoms with Gasteiger partial charge in [-0.2, -0.15) is 0 Å². The van der Waals surface area contributed by atoms with Gasteiger partial charge < -0.3 is 14.2 Å². The summed E-state index contributed by atoms with van der Waals surface area (Å²) < 4.78 is 15.6. The molecule has 1 saturated heterocycles. The van der Waals surface area contributed by atoms with Crippen LogP contribution >= 0.6 is 11.8 Å². The average molecular weight is 389 g/mol. The van der Waals surface area contributed by atoms with Gasteiger partial charge in [0.15, 0.2) is 11.5 Å². The largest absolute Gasteiger partial charge is 0.493 e. The van der Waals surface area contributed by atoms with E-state index >= 15 is 0 Å². The predicted molar refractivity (Wildman–Crippen MR) is 101 cm³/mol. The van der Waals surface area contributed by atoms with E-state index in [1.54, 1.807) is 38.1 Å². The third-order valence-corrected chi connectivity index (χ3v) is 4.23. The molecule has 1 fully saturated rings. The highest BCUT2D eigenvalue weighted by molar-refractivity contribution is 8.18. The Morgan fingerprint density at radius 2 is 2.07 bits per heavy atom. The number of hydrogen-bond acceptors (Lipinski definition) is 7. The van der Waals surface area contributed by atoms with Crippen molar-refractivity contribution in [3.63, 3.8) is 0 Å². The van der Waals surface area contributed by atoms with Crippen LogP contribution in [0.15, 0.2) is 23.1 Å². The molecule has 8 heteroatoms. The smallest absolute Gasteiger partial charge is 0.326 e. The molecule has 0 atom stereocenters. The second kappa shape index (κ2) is 9.14. The number of carbonyl (C=O) groups is 3. The third kappa shape index (κ3) is 5.28. The molecule has 0 N–H and O–H groups in total. The van der Waals surface area contributed by atoms with E-state index in [9.17, 15) is 14.4 Å². The van der Waals surface area contributed by atoms with Crippen molar-refractivity contribution in [3.8, 4) is 23.8 Å². The first kappa shape index (κ1) is 20.4. The second-order valence-corrected chi connectivity index (χ2v) is 6.70. The van der Waals surface area contributed by atoms with Crippen molar-refractivity contribution in [1.29, 1.82) is 0 Å². The first-order valence-corrected chi connectivity index (χ1v) is 8.86. The summed E-state index contributed by atoms with van der Waals surface area (Å²) in [6.07, 6.45) is 6.40. The number of ether oxygens (including phenoxy) is 3. The highest BCUT2D eigenvalue weighted by Gasteiger charge is 2.36. The quantitative estimate of drug-likeness (QED) is 0.403. The van der Waals surface area contributed by atoms with Crippen molar-refractivity contribution in [3.05, 3.63) is 28.7 Å². The number of amides is 2. The summed E-state index contributed by atoms with van der Waals surface area (Å²) in [6, 6.07) is 5.02. The van der Waals surface area contributed by atoms with Crippen molar-refractivity contribution < 1.29 is 28.6 Å². The molecule has 7 nitrogen and oxygen atoms in total. The predicted octanol–water partition coefficient (Wildman–Crippen LogP) is 2.70. The molecular formula is C19H19NO6S. The maximum atomic E-state index is 12.4. The normalized spacial score (nSPS) is 15.2. The summed E-state index contributed by atoms with van der Waals surface area (Å²) in [6.45, 7) is 3.06. The fraction of sp³-hybridized carbons (Fsp3) is 0.316. The van der Waals surface area contributed by atoms with E-state index in [0.717, 1.165) is 16.7 Å². The van der Waals surface area contributed by atoms with Gasteiger partial charge in [-0.05, 0) is 49.4 Å². The van der Waals surface area contributed by atoms with Crippen LogP contribution in [0.25, 0.3) is 6.08 Å². The summed E-state index contributed by atoms with van der Waals surface area (Å²) in [5, 5.41) is -0.520. The van der Waals surface area contributed by atoms with Crippen LogP contribution < -0.4 is 9.47 Å². The van der Waals surface area contributed by atoms with E-state index in [-0.39, 0.29) is 17.6 Å². The Morgan fingerprint density at radius 1 is 1.33 bits per heavy atom. The zero-order valence-electron chi connectivity index (χ0n) is 15.2. The van der Waals surface area contributed by atoms with Crippen molar-refractivity contribution in [1.82, 2.24) is 4.90 Å². The number of rotatable bonds is 7. The van der Waals surface area contributed by atoms with Gasteiger partial charge in [0.2, 0.25) is 0 Å². The number of carbonyl (C=O) groups excluding carboxylic acids is 3. The summed E-state index contributed by atoms with van der Waals surface area (Å²) >= 11 is 0.761. The van der Waals surface area contributed by atoms with Crippen LogP contribution in [0.1, 0.15) is 19.4 Å². The van der Waals surface area contributed by atoms with Gasteiger partial charge in [-0.3, -0.25) is 19.3 Å². The van der Waals surface area contributed by atoms with E-state index < -0.39 is 23.7 Å². The lowest BCUT2D eigenvalue weighted by molar-refractivity contribution is -0.149. The lowest BCUT2D eigenvalue weighted by Gasteiger charge is -2.13. The molecule has 1 aliphatic heterocycles. The lowest BCUT2D eigenvalue weighted by Crippen LogP contribution is -2.35. The summed E-state index contributed by atoms with van der Waals surface area (Å²) in [7, 11) is 1.48. The fourth-order valence-corrected chi connectivity index (χ4v) is 3.07.